The number of carbonyl (C=O) groups is 6. The van der Waals surface area contributed by atoms with Crippen LogP contribution in [0.15, 0.2) is 0 Å². The van der Waals surface area contributed by atoms with Gasteiger partial charge in [0.05, 0.1) is 12.8 Å². The van der Waals surface area contributed by atoms with E-state index in [1.807, 2.05) is 5.32 Å². The summed E-state index contributed by atoms with van der Waals surface area (Å²) in [6.45, 7) is 6.16. The smallest absolute Gasteiger partial charge is 0.408 e. The largest absolute Gasteiger partial charge is 0.480 e. The number of hydrogen-bond donors (Lipinski definition) is 6. The zero-order valence-corrected chi connectivity index (χ0v) is 16.6. The second-order valence-corrected chi connectivity index (χ2v) is 7.17. The molecule has 0 saturated heterocycles. The molecule has 13 heteroatoms. The molecule has 0 aliphatic rings. The fraction of sp³-hybridized carbons (Fsp3) is 0.625. The Morgan fingerprint density at radius 1 is 0.862 bits per heavy atom. The van der Waals surface area contributed by atoms with Gasteiger partial charge in [0.15, 0.2) is 0 Å². The van der Waals surface area contributed by atoms with Crippen LogP contribution in [0, 0.1) is 0 Å². The van der Waals surface area contributed by atoms with Gasteiger partial charge in [0.1, 0.15) is 23.7 Å². The Morgan fingerprint density at radius 2 is 1.31 bits per heavy atom. The fourth-order valence-corrected chi connectivity index (χ4v) is 1.93. The molecular formula is C16H27N5O8. The molecule has 0 heterocycles. The Balaban J connectivity index is 5.13. The number of nitrogens with one attached hydrogen (secondary N) is 3. The van der Waals surface area contributed by atoms with E-state index in [-0.39, 0.29) is 0 Å². The summed E-state index contributed by atoms with van der Waals surface area (Å²) in [4.78, 5) is 69.5. The van der Waals surface area contributed by atoms with Crippen molar-refractivity contribution in [2.24, 2.45) is 11.5 Å². The van der Waals surface area contributed by atoms with Gasteiger partial charge in [0.2, 0.25) is 23.6 Å². The van der Waals surface area contributed by atoms with E-state index in [1.165, 1.54) is 6.92 Å². The van der Waals surface area contributed by atoms with Crippen LogP contribution in [0.4, 0.5) is 4.79 Å². The molecule has 0 spiro atoms. The lowest BCUT2D eigenvalue weighted by molar-refractivity contribution is -0.143. The van der Waals surface area contributed by atoms with Crippen molar-refractivity contribution in [2.45, 2.75) is 64.3 Å². The molecule has 3 atom stereocenters. The lowest BCUT2D eigenvalue weighted by Crippen LogP contribution is -2.56. The Morgan fingerprint density at radius 3 is 1.72 bits per heavy atom. The lowest BCUT2D eigenvalue weighted by Gasteiger charge is -2.24. The maximum Gasteiger partial charge on any atom is 0.408 e. The molecule has 0 bridgehead atoms. The number of carbonyl (C=O) groups excluding carboxylic acids is 5. The minimum atomic E-state index is -1.66. The van der Waals surface area contributed by atoms with Gasteiger partial charge < -0.3 is 37.3 Å². The van der Waals surface area contributed by atoms with Crippen molar-refractivity contribution in [3.05, 3.63) is 0 Å². The zero-order chi connectivity index (χ0) is 22.9. The van der Waals surface area contributed by atoms with Gasteiger partial charge in [-0.2, -0.15) is 0 Å². The molecule has 164 valence electrons. The van der Waals surface area contributed by atoms with E-state index in [0.29, 0.717) is 0 Å². The molecule has 0 unspecified atom stereocenters. The van der Waals surface area contributed by atoms with E-state index >= 15 is 0 Å². The zero-order valence-electron chi connectivity index (χ0n) is 16.6. The van der Waals surface area contributed by atoms with Gasteiger partial charge in [-0.25, -0.2) is 9.59 Å². The standard InChI is InChI=1S/C16H27N5O8/c1-7(19-15(28)29-16(2,3)4)12(24)20-8(5-10(17)22)13(25)21-9(14(26)27)6-11(18)23/h7-9H,5-6H2,1-4H3,(H2,17,22)(H2,18,23)(H,19,28)(H,20,24)(H,21,25)(H,26,27)/t7-,8-,9+/m1/s1. The lowest BCUT2D eigenvalue weighted by atomic mass is 10.1. The first-order chi connectivity index (χ1) is 13.1. The van der Waals surface area contributed by atoms with Crippen LogP contribution in [0.1, 0.15) is 40.5 Å². The van der Waals surface area contributed by atoms with Crippen molar-refractivity contribution >= 4 is 35.7 Å². The molecule has 0 saturated carbocycles. The molecule has 0 aromatic rings. The van der Waals surface area contributed by atoms with Crippen LogP contribution in [0.2, 0.25) is 0 Å². The summed E-state index contributed by atoms with van der Waals surface area (Å²) in [7, 11) is 0. The van der Waals surface area contributed by atoms with Gasteiger partial charge in [0.25, 0.3) is 0 Å². The SMILES string of the molecule is C[C@@H](NC(=O)OC(C)(C)C)C(=O)N[C@H](CC(N)=O)C(=O)N[C@@H](CC(N)=O)C(=O)O. The Labute approximate surface area is 166 Å². The van der Waals surface area contributed by atoms with Crippen LogP contribution >= 0.6 is 0 Å². The first-order valence-electron chi connectivity index (χ1n) is 8.52. The first-order valence-corrected chi connectivity index (χ1v) is 8.52. The average Bonchev–Trinajstić information content (AvgIpc) is 2.50. The maximum absolute atomic E-state index is 12.3. The molecule has 29 heavy (non-hydrogen) atoms. The number of carboxylic acids is 1. The molecule has 8 N–H and O–H groups in total. The Hall–Kier alpha value is -3.38. The highest BCUT2D eigenvalue weighted by Gasteiger charge is 2.30. The molecule has 0 aromatic carbocycles. The van der Waals surface area contributed by atoms with Crippen molar-refractivity contribution in [2.75, 3.05) is 0 Å². The predicted octanol–water partition coefficient (Wildman–Crippen LogP) is -2.30. The molecule has 13 nitrogen and oxygen atoms in total. The van der Waals surface area contributed by atoms with Gasteiger partial charge in [0, 0.05) is 0 Å². The molecule has 0 aromatic heterocycles. The minimum absolute atomic E-state index is 0.653. The summed E-state index contributed by atoms with van der Waals surface area (Å²) in [6, 6.07) is -4.36. The van der Waals surface area contributed by atoms with Gasteiger partial charge in [-0.1, -0.05) is 0 Å². The topological polar surface area (TPSA) is 220 Å². The van der Waals surface area contributed by atoms with Crippen molar-refractivity contribution in [3.8, 4) is 0 Å². The third kappa shape index (κ3) is 11.1. The summed E-state index contributed by atoms with van der Waals surface area (Å²) < 4.78 is 5.00. The molecule has 5 amide bonds. The van der Waals surface area contributed by atoms with Crippen molar-refractivity contribution in [1.82, 2.24) is 16.0 Å². The highest BCUT2D eigenvalue weighted by Crippen LogP contribution is 2.07. The monoisotopic (exact) mass is 417 g/mol. The van der Waals surface area contributed by atoms with Crippen LogP contribution in [-0.4, -0.2) is 64.5 Å². The molecule has 0 fully saturated rings. The fourth-order valence-electron chi connectivity index (χ4n) is 1.93. The number of nitrogens with two attached hydrogens (primary N) is 2. The number of alkyl carbamates (subject to hydrolysis) is 1. The summed E-state index contributed by atoms with van der Waals surface area (Å²) in [5.41, 5.74) is 9.17. The average molecular weight is 417 g/mol. The predicted molar refractivity (Wildman–Crippen MR) is 98.0 cm³/mol. The second-order valence-electron chi connectivity index (χ2n) is 7.17. The first kappa shape index (κ1) is 25.6. The maximum atomic E-state index is 12.3. The summed E-state index contributed by atoms with van der Waals surface area (Å²) >= 11 is 0. The number of ether oxygens (including phenoxy) is 1. The van der Waals surface area contributed by atoms with E-state index in [1.54, 1.807) is 20.8 Å². The molecule has 0 aliphatic heterocycles. The van der Waals surface area contributed by atoms with Gasteiger partial charge in [-0.3, -0.25) is 19.2 Å². The number of amides is 5. The molecule has 0 aliphatic carbocycles. The number of hydrogen-bond acceptors (Lipinski definition) is 7. The van der Waals surface area contributed by atoms with Crippen molar-refractivity contribution in [1.29, 1.82) is 0 Å². The van der Waals surface area contributed by atoms with Crippen LogP contribution in [0.25, 0.3) is 0 Å². The van der Waals surface area contributed by atoms with E-state index in [0.717, 1.165) is 0 Å². The normalized spacial score (nSPS) is 13.9. The highest BCUT2D eigenvalue weighted by atomic mass is 16.6. The minimum Gasteiger partial charge on any atom is -0.480 e. The van der Waals surface area contributed by atoms with Gasteiger partial charge in [-0.05, 0) is 27.7 Å². The van der Waals surface area contributed by atoms with E-state index < -0.39 is 72.3 Å². The van der Waals surface area contributed by atoms with E-state index in [4.69, 9.17) is 21.3 Å². The van der Waals surface area contributed by atoms with Gasteiger partial charge in [-0.15, -0.1) is 0 Å². The Bertz CT molecular complexity index is 673. The van der Waals surface area contributed by atoms with Crippen molar-refractivity contribution in [3.63, 3.8) is 0 Å². The van der Waals surface area contributed by atoms with Gasteiger partial charge >= 0.3 is 12.1 Å². The summed E-state index contributed by atoms with van der Waals surface area (Å²) in [5.74, 6) is -5.42. The quantitative estimate of drug-likeness (QED) is 0.226. The summed E-state index contributed by atoms with van der Waals surface area (Å²) in [6.07, 6.45) is -2.24. The van der Waals surface area contributed by atoms with Crippen LogP contribution in [0.5, 0.6) is 0 Å². The van der Waals surface area contributed by atoms with E-state index in [2.05, 4.69) is 10.6 Å². The third-order valence-corrected chi connectivity index (χ3v) is 3.18. The number of rotatable bonds is 10. The third-order valence-electron chi connectivity index (χ3n) is 3.18. The number of primary amides is 2. The number of carboxylic acid groups (broad SMARTS) is 1. The molecule has 0 radical (unpaired) electrons. The van der Waals surface area contributed by atoms with Crippen molar-refractivity contribution < 1.29 is 38.6 Å². The summed E-state index contributed by atoms with van der Waals surface area (Å²) in [5, 5.41) is 15.5. The Kier molecular flexibility index (Phi) is 9.56. The molecule has 0 rings (SSSR count). The number of aliphatic carboxylic acids is 1. The van der Waals surface area contributed by atoms with Crippen LogP contribution in [-0.2, 0) is 28.7 Å². The molecular weight excluding hydrogens is 390 g/mol. The van der Waals surface area contributed by atoms with Crippen LogP contribution < -0.4 is 27.4 Å². The highest BCUT2D eigenvalue weighted by molar-refractivity contribution is 5.96. The second kappa shape index (κ2) is 10.8. The van der Waals surface area contributed by atoms with Crippen LogP contribution in [0.3, 0.4) is 0 Å². The van der Waals surface area contributed by atoms with E-state index in [9.17, 15) is 28.8 Å².